The monoisotopic (exact) mass is 397 g/mol. The van der Waals surface area contributed by atoms with Gasteiger partial charge in [-0.25, -0.2) is 0 Å². The molecule has 0 aliphatic carbocycles. The minimum absolute atomic E-state index is 0.927. The summed E-state index contributed by atoms with van der Waals surface area (Å²) in [6, 6.07) is 34.4. The zero-order valence-electron chi connectivity index (χ0n) is 17.1. The fourth-order valence-corrected chi connectivity index (χ4v) is 5.14. The molecule has 2 heterocycles. The van der Waals surface area contributed by atoms with Crippen molar-refractivity contribution in [1.29, 1.82) is 0 Å². The van der Waals surface area contributed by atoms with Crippen LogP contribution in [0.5, 0.6) is 0 Å². The van der Waals surface area contributed by atoms with Gasteiger partial charge in [0.2, 0.25) is 0 Å². The first-order valence-corrected chi connectivity index (χ1v) is 10.6. The summed E-state index contributed by atoms with van der Waals surface area (Å²) in [5.41, 5.74) is 6.61. The van der Waals surface area contributed by atoms with E-state index in [9.17, 15) is 0 Å². The lowest BCUT2D eigenvalue weighted by Crippen LogP contribution is -1.93. The third-order valence-electron chi connectivity index (χ3n) is 6.41. The molecule has 0 aliphatic rings. The van der Waals surface area contributed by atoms with Crippen molar-refractivity contribution in [1.82, 2.24) is 4.57 Å². The molecule has 0 unspecified atom stereocenters. The highest BCUT2D eigenvalue weighted by molar-refractivity contribution is 6.35. The smallest absolute Gasteiger partial charge is 0.160 e. The van der Waals surface area contributed by atoms with Crippen LogP contribution in [0.1, 0.15) is 5.56 Å². The molecule has 146 valence electrons. The average Bonchev–Trinajstić information content (AvgIpc) is 3.36. The molecule has 0 radical (unpaired) electrons. The van der Waals surface area contributed by atoms with Gasteiger partial charge in [0.1, 0.15) is 5.58 Å². The van der Waals surface area contributed by atoms with Gasteiger partial charge in [-0.1, -0.05) is 72.3 Å². The molecule has 0 saturated heterocycles. The molecule has 2 nitrogen and oxygen atoms in total. The number of furan rings is 1. The Kier molecular flexibility index (Phi) is 3.23. The highest BCUT2D eigenvalue weighted by Gasteiger charge is 2.22. The van der Waals surface area contributed by atoms with Crippen LogP contribution in [0.25, 0.3) is 60.2 Å². The van der Waals surface area contributed by atoms with E-state index < -0.39 is 0 Å². The van der Waals surface area contributed by atoms with E-state index in [0.717, 1.165) is 27.8 Å². The Morgan fingerprint density at radius 1 is 0.613 bits per heavy atom. The Hall–Kier alpha value is -4.04. The minimum atomic E-state index is 0.927. The molecule has 2 heteroatoms. The van der Waals surface area contributed by atoms with Crippen molar-refractivity contribution in [3.63, 3.8) is 0 Å². The second kappa shape index (κ2) is 5.99. The van der Waals surface area contributed by atoms with E-state index in [1.54, 1.807) is 0 Å². The zero-order chi connectivity index (χ0) is 20.5. The number of aromatic nitrogens is 1. The van der Waals surface area contributed by atoms with E-state index in [4.69, 9.17) is 4.42 Å². The lowest BCUT2D eigenvalue weighted by Gasteiger charge is -2.09. The maximum Gasteiger partial charge on any atom is 0.160 e. The van der Waals surface area contributed by atoms with Crippen molar-refractivity contribution < 1.29 is 4.42 Å². The van der Waals surface area contributed by atoms with Crippen molar-refractivity contribution in [3.05, 3.63) is 103 Å². The van der Waals surface area contributed by atoms with Gasteiger partial charge < -0.3 is 8.98 Å². The van der Waals surface area contributed by atoms with Crippen LogP contribution in [-0.4, -0.2) is 4.57 Å². The van der Waals surface area contributed by atoms with Gasteiger partial charge in [-0.15, -0.1) is 0 Å². The van der Waals surface area contributed by atoms with E-state index in [1.807, 2.05) is 6.07 Å². The molecule has 0 aliphatic heterocycles. The summed E-state index contributed by atoms with van der Waals surface area (Å²) in [5.74, 6) is 0. The lowest BCUT2D eigenvalue weighted by atomic mass is 9.98. The standard InChI is InChI=1S/C29H19NO/c1-18-15-16-24-23(17-18)26-20-11-5-6-12-21(20)27-22-13-7-8-14-25(22)31-29(27)28(26)30(24)19-9-3-2-4-10-19/h2-17H,1H3. The summed E-state index contributed by atoms with van der Waals surface area (Å²) in [5, 5.41) is 7.37. The van der Waals surface area contributed by atoms with Gasteiger partial charge in [0.15, 0.2) is 5.58 Å². The number of aryl methyl sites for hydroxylation is 1. The van der Waals surface area contributed by atoms with Crippen molar-refractivity contribution in [2.24, 2.45) is 0 Å². The molecule has 31 heavy (non-hydrogen) atoms. The highest BCUT2D eigenvalue weighted by Crippen LogP contribution is 2.45. The number of fused-ring (bicyclic) bond motifs is 10. The van der Waals surface area contributed by atoms with E-state index >= 15 is 0 Å². The maximum atomic E-state index is 6.57. The van der Waals surface area contributed by atoms with Crippen LogP contribution in [0, 0.1) is 6.92 Å². The number of nitrogens with zero attached hydrogens (tertiary/aromatic N) is 1. The predicted octanol–water partition coefficient (Wildman–Crippen LogP) is 8.14. The molecule has 0 atom stereocenters. The number of para-hydroxylation sites is 2. The number of hydrogen-bond acceptors (Lipinski definition) is 1. The molecule has 2 aromatic heterocycles. The fourth-order valence-electron chi connectivity index (χ4n) is 5.14. The van der Waals surface area contributed by atoms with Crippen LogP contribution in [0.3, 0.4) is 0 Å². The predicted molar refractivity (Wildman–Crippen MR) is 130 cm³/mol. The topological polar surface area (TPSA) is 18.1 Å². The van der Waals surface area contributed by atoms with Crippen molar-refractivity contribution in [3.8, 4) is 5.69 Å². The molecule has 0 saturated carbocycles. The number of rotatable bonds is 1. The SMILES string of the molecule is Cc1ccc2c(c1)c1c3ccccc3c3c4ccccc4oc3c1n2-c1ccccc1. The van der Waals surface area contributed by atoms with Crippen LogP contribution in [0.4, 0.5) is 0 Å². The zero-order valence-corrected chi connectivity index (χ0v) is 17.1. The second-order valence-electron chi connectivity index (χ2n) is 8.26. The Balaban J connectivity index is 1.89. The summed E-state index contributed by atoms with van der Waals surface area (Å²) in [7, 11) is 0. The first-order chi connectivity index (χ1) is 15.3. The van der Waals surface area contributed by atoms with Crippen LogP contribution < -0.4 is 0 Å². The minimum Gasteiger partial charge on any atom is -0.454 e. The Bertz CT molecular complexity index is 1780. The summed E-state index contributed by atoms with van der Waals surface area (Å²) >= 11 is 0. The van der Waals surface area contributed by atoms with Crippen LogP contribution in [-0.2, 0) is 0 Å². The third-order valence-corrected chi connectivity index (χ3v) is 6.41. The van der Waals surface area contributed by atoms with E-state index in [-0.39, 0.29) is 0 Å². The van der Waals surface area contributed by atoms with Crippen LogP contribution in [0.2, 0.25) is 0 Å². The van der Waals surface area contributed by atoms with Gasteiger partial charge in [0.05, 0.1) is 11.0 Å². The van der Waals surface area contributed by atoms with Crippen LogP contribution >= 0.6 is 0 Å². The van der Waals surface area contributed by atoms with Gasteiger partial charge in [0.25, 0.3) is 0 Å². The molecule has 0 spiro atoms. The summed E-state index contributed by atoms with van der Waals surface area (Å²) in [6.07, 6.45) is 0. The molecule has 0 bridgehead atoms. The quantitative estimate of drug-likeness (QED) is 0.273. The lowest BCUT2D eigenvalue weighted by molar-refractivity contribution is 0.671. The van der Waals surface area contributed by atoms with E-state index in [1.165, 1.54) is 38.0 Å². The third kappa shape index (κ3) is 2.17. The Labute approximate surface area is 178 Å². The Morgan fingerprint density at radius 3 is 2.10 bits per heavy atom. The van der Waals surface area contributed by atoms with Crippen molar-refractivity contribution >= 4 is 54.5 Å². The molecular weight excluding hydrogens is 378 g/mol. The number of benzene rings is 5. The van der Waals surface area contributed by atoms with Gasteiger partial charge >= 0.3 is 0 Å². The normalized spacial score (nSPS) is 12.0. The summed E-state index contributed by atoms with van der Waals surface area (Å²) < 4.78 is 8.94. The van der Waals surface area contributed by atoms with E-state index in [2.05, 4.69) is 102 Å². The fraction of sp³-hybridized carbons (Fsp3) is 0.0345. The number of hydrogen-bond donors (Lipinski definition) is 0. The molecule has 7 aromatic rings. The van der Waals surface area contributed by atoms with Crippen molar-refractivity contribution in [2.45, 2.75) is 6.92 Å². The average molecular weight is 397 g/mol. The van der Waals surface area contributed by atoms with Gasteiger partial charge in [-0.05, 0) is 48.0 Å². The molecule has 0 N–H and O–H groups in total. The summed E-state index contributed by atoms with van der Waals surface area (Å²) in [4.78, 5) is 0. The highest BCUT2D eigenvalue weighted by atomic mass is 16.3. The van der Waals surface area contributed by atoms with Crippen molar-refractivity contribution in [2.75, 3.05) is 0 Å². The van der Waals surface area contributed by atoms with E-state index in [0.29, 0.717) is 0 Å². The van der Waals surface area contributed by atoms with Gasteiger partial charge in [0, 0.05) is 27.2 Å². The second-order valence-corrected chi connectivity index (χ2v) is 8.26. The largest absolute Gasteiger partial charge is 0.454 e. The molecule has 0 fully saturated rings. The Morgan fingerprint density at radius 2 is 1.29 bits per heavy atom. The first-order valence-electron chi connectivity index (χ1n) is 10.6. The maximum absolute atomic E-state index is 6.57. The first kappa shape index (κ1) is 16.7. The van der Waals surface area contributed by atoms with Crippen LogP contribution in [0.15, 0.2) is 101 Å². The molecular formula is C29H19NO. The van der Waals surface area contributed by atoms with Gasteiger partial charge in [-0.3, -0.25) is 0 Å². The van der Waals surface area contributed by atoms with Gasteiger partial charge in [-0.2, -0.15) is 0 Å². The summed E-state index contributed by atoms with van der Waals surface area (Å²) in [6.45, 7) is 2.16. The molecule has 5 aromatic carbocycles. The molecule has 0 amide bonds. The molecule has 7 rings (SSSR count).